The number of thiazole rings is 1. The van der Waals surface area contributed by atoms with Gasteiger partial charge in [0.05, 0.1) is 12.7 Å². The fourth-order valence-corrected chi connectivity index (χ4v) is 3.32. The third-order valence-corrected chi connectivity index (χ3v) is 4.69. The van der Waals surface area contributed by atoms with Crippen LogP contribution in [0.4, 0.5) is 5.13 Å². The van der Waals surface area contributed by atoms with Gasteiger partial charge in [0.15, 0.2) is 5.13 Å². The monoisotopic (exact) mass is 346 g/mol. The lowest BCUT2D eigenvalue weighted by Gasteiger charge is -2.32. The molecule has 6 nitrogen and oxygen atoms in total. The minimum Gasteiger partial charge on any atom is -0.372 e. The first-order valence-corrected chi connectivity index (χ1v) is 9.10. The van der Waals surface area contributed by atoms with Crippen LogP contribution in [0.5, 0.6) is 0 Å². The van der Waals surface area contributed by atoms with Gasteiger partial charge in [-0.05, 0) is 31.0 Å². The predicted octanol–water partition coefficient (Wildman–Crippen LogP) is 2.55. The Balaban J connectivity index is 1.38. The summed E-state index contributed by atoms with van der Waals surface area (Å²) in [5.74, 6) is 0.0170. The largest absolute Gasteiger partial charge is 0.372 e. The van der Waals surface area contributed by atoms with Gasteiger partial charge in [-0.15, -0.1) is 11.3 Å². The first-order chi connectivity index (χ1) is 11.8. The topological polar surface area (TPSA) is 67.4 Å². The molecule has 0 radical (unpaired) electrons. The molecule has 1 aliphatic heterocycles. The summed E-state index contributed by atoms with van der Waals surface area (Å²) in [5, 5.41) is 5.34. The molecule has 128 valence electrons. The molecular weight excluding hydrogens is 324 g/mol. The van der Waals surface area contributed by atoms with Crippen molar-refractivity contribution < 1.29 is 9.53 Å². The molecule has 0 bridgehead atoms. The SMILES string of the molecule is O=C(CCN1CCC[C@@H](OCc2cccnc2)C1)Nc1nccs1. The van der Waals surface area contributed by atoms with Gasteiger partial charge < -0.3 is 15.0 Å². The van der Waals surface area contributed by atoms with E-state index in [1.165, 1.54) is 11.3 Å². The summed E-state index contributed by atoms with van der Waals surface area (Å²) < 4.78 is 6.00. The van der Waals surface area contributed by atoms with Crippen molar-refractivity contribution >= 4 is 22.4 Å². The van der Waals surface area contributed by atoms with Gasteiger partial charge in [0.25, 0.3) is 0 Å². The second-order valence-corrected chi connectivity index (χ2v) is 6.77. The maximum absolute atomic E-state index is 11.9. The maximum Gasteiger partial charge on any atom is 0.227 e. The molecule has 1 N–H and O–H groups in total. The molecule has 3 rings (SSSR count). The van der Waals surface area contributed by atoms with E-state index < -0.39 is 0 Å². The lowest BCUT2D eigenvalue weighted by atomic mass is 10.1. The highest BCUT2D eigenvalue weighted by atomic mass is 32.1. The Kier molecular flexibility index (Phi) is 6.28. The molecule has 3 heterocycles. The second kappa shape index (κ2) is 8.86. The van der Waals surface area contributed by atoms with Crippen LogP contribution >= 0.6 is 11.3 Å². The van der Waals surface area contributed by atoms with Crippen molar-refractivity contribution in [3.8, 4) is 0 Å². The molecule has 0 aromatic carbocycles. The number of piperidine rings is 1. The van der Waals surface area contributed by atoms with Gasteiger partial charge in [0.2, 0.25) is 5.91 Å². The molecule has 0 aliphatic carbocycles. The van der Waals surface area contributed by atoms with Crippen LogP contribution in [0.2, 0.25) is 0 Å². The lowest BCUT2D eigenvalue weighted by molar-refractivity contribution is -0.116. The van der Waals surface area contributed by atoms with Crippen LogP contribution in [0, 0.1) is 0 Å². The van der Waals surface area contributed by atoms with Crippen LogP contribution in [0.25, 0.3) is 0 Å². The highest BCUT2D eigenvalue weighted by Gasteiger charge is 2.21. The van der Waals surface area contributed by atoms with Crippen LogP contribution in [-0.2, 0) is 16.1 Å². The van der Waals surface area contributed by atoms with Gasteiger partial charge in [-0.1, -0.05) is 6.07 Å². The quantitative estimate of drug-likeness (QED) is 0.834. The Labute approximate surface area is 145 Å². The smallest absolute Gasteiger partial charge is 0.227 e. The number of nitrogens with zero attached hydrogens (tertiary/aromatic N) is 3. The number of likely N-dealkylation sites (tertiary alicyclic amines) is 1. The van der Waals surface area contributed by atoms with E-state index in [0.717, 1.165) is 38.0 Å². The van der Waals surface area contributed by atoms with Crippen molar-refractivity contribution in [1.29, 1.82) is 0 Å². The zero-order valence-corrected chi connectivity index (χ0v) is 14.4. The van der Waals surface area contributed by atoms with Gasteiger partial charge in [-0.3, -0.25) is 9.78 Å². The molecule has 1 fully saturated rings. The molecule has 7 heteroatoms. The molecule has 0 saturated carbocycles. The standard InChI is InChI=1S/C17H22N4O2S/c22-16(20-17-19-7-10-24-17)5-9-21-8-2-4-15(12-21)23-13-14-3-1-6-18-11-14/h1,3,6-7,10-11,15H,2,4-5,8-9,12-13H2,(H,19,20,22)/t15-/m1/s1. The molecule has 1 aliphatic rings. The van der Waals surface area contributed by atoms with Gasteiger partial charge in [-0.25, -0.2) is 4.98 Å². The fraction of sp³-hybridized carbons (Fsp3) is 0.471. The molecule has 1 amide bonds. The van der Waals surface area contributed by atoms with Crippen molar-refractivity contribution in [2.75, 3.05) is 25.0 Å². The number of carbonyl (C=O) groups excluding carboxylic acids is 1. The number of ether oxygens (including phenoxy) is 1. The third-order valence-electron chi connectivity index (χ3n) is 4.00. The lowest BCUT2D eigenvalue weighted by Crippen LogP contribution is -2.40. The average Bonchev–Trinajstić information content (AvgIpc) is 3.12. The zero-order chi connectivity index (χ0) is 16.6. The number of aromatic nitrogens is 2. The Morgan fingerprint density at radius 2 is 2.42 bits per heavy atom. The van der Waals surface area contributed by atoms with Crippen LogP contribution in [0.1, 0.15) is 24.8 Å². The number of carbonyl (C=O) groups is 1. The second-order valence-electron chi connectivity index (χ2n) is 5.87. The maximum atomic E-state index is 11.9. The first kappa shape index (κ1) is 17.0. The fourth-order valence-electron chi connectivity index (χ4n) is 2.78. The van der Waals surface area contributed by atoms with Crippen molar-refractivity contribution in [2.45, 2.75) is 32.0 Å². The number of anilines is 1. The normalized spacial score (nSPS) is 18.4. The van der Waals surface area contributed by atoms with Crippen molar-refractivity contribution in [2.24, 2.45) is 0 Å². The number of pyridine rings is 1. The molecule has 1 atom stereocenters. The van der Waals surface area contributed by atoms with E-state index in [1.54, 1.807) is 12.4 Å². The molecule has 0 unspecified atom stereocenters. The Hall–Kier alpha value is -1.83. The van der Waals surface area contributed by atoms with Crippen LogP contribution < -0.4 is 5.32 Å². The number of hydrogen-bond donors (Lipinski definition) is 1. The van der Waals surface area contributed by atoms with Crippen molar-refractivity contribution in [1.82, 2.24) is 14.9 Å². The van der Waals surface area contributed by atoms with Crippen LogP contribution in [-0.4, -0.2) is 46.5 Å². The van der Waals surface area contributed by atoms with Gasteiger partial charge >= 0.3 is 0 Å². The van der Waals surface area contributed by atoms with E-state index in [2.05, 4.69) is 20.2 Å². The third kappa shape index (κ3) is 5.36. The van der Waals surface area contributed by atoms with E-state index in [-0.39, 0.29) is 12.0 Å². The molecular formula is C17H22N4O2S. The van der Waals surface area contributed by atoms with Crippen LogP contribution in [0.3, 0.4) is 0 Å². The highest BCUT2D eigenvalue weighted by Crippen LogP contribution is 2.16. The van der Waals surface area contributed by atoms with Crippen LogP contribution in [0.15, 0.2) is 36.1 Å². The number of amides is 1. The summed E-state index contributed by atoms with van der Waals surface area (Å²) in [6, 6.07) is 3.95. The molecule has 0 spiro atoms. The van der Waals surface area contributed by atoms with Crippen molar-refractivity contribution in [3.05, 3.63) is 41.7 Å². The van der Waals surface area contributed by atoms with E-state index in [0.29, 0.717) is 18.2 Å². The Bertz CT molecular complexity index is 621. The summed E-state index contributed by atoms with van der Waals surface area (Å²) >= 11 is 1.44. The number of nitrogens with one attached hydrogen (secondary N) is 1. The molecule has 2 aromatic rings. The Morgan fingerprint density at radius 3 is 3.21 bits per heavy atom. The molecule has 1 saturated heterocycles. The number of rotatable bonds is 7. The number of hydrogen-bond acceptors (Lipinski definition) is 6. The van der Waals surface area contributed by atoms with Gasteiger partial charge in [0.1, 0.15) is 0 Å². The summed E-state index contributed by atoms with van der Waals surface area (Å²) in [6.07, 6.45) is 8.17. The van der Waals surface area contributed by atoms with E-state index in [1.807, 2.05) is 23.7 Å². The summed E-state index contributed by atoms with van der Waals surface area (Å²) in [4.78, 5) is 22.4. The summed E-state index contributed by atoms with van der Waals surface area (Å²) in [7, 11) is 0. The van der Waals surface area contributed by atoms with E-state index in [4.69, 9.17) is 4.74 Å². The van der Waals surface area contributed by atoms with Gasteiger partial charge in [0, 0.05) is 43.5 Å². The van der Waals surface area contributed by atoms with Crippen molar-refractivity contribution in [3.63, 3.8) is 0 Å². The minimum atomic E-state index is 0.0170. The Morgan fingerprint density at radius 1 is 1.46 bits per heavy atom. The molecule has 2 aromatic heterocycles. The van der Waals surface area contributed by atoms with E-state index in [9.17, 15) is 4.79 Å². The zero-order valence-electron chi connectivity index (χ0n) is 13.6. The first-order valence-electron chi connectivity index (χ1n) is 8.22. The molecule has 24 heavy (non-hydrogen) atoms. The summed E-state index contributed by atoms with van der Waals surface area (Å²) in [5.41, 5.74) is 1.09. The summed E-state index contributed by atoms with van der Waals surface area (Å²) in [6.45, 7) is 3.25. The van der Waals surface area contributed by atoms with Gasteiger partial charge in [-0.2, -0.15) is 0 Å². The predicted molar refractivity (Wildman–Crippen MR) is 93.8 cm³/mol. The highest BCUT2D eigenvalue weighted by molar-refractivity contribution is 7.13. The van der Waals surface area contributed by atoms with E-state index >= 15 is 0 Å². The average molecular weight is 346 g/mol. The minimum absolute atomic E-state index is 0.0170.